The zero-order chi connectivity index (χ0) is 9.97. The lowest BCUT2D eigenvalue weighted by molar-refractivity contribution is -0.122. The van der Waals surface area contributed by atoms with Crippen LogP contribution in [0.1, 0.15) is 17.4 Å². The lowest BCUT2D eigenvalue weighted by Crippen LogP contribution is -2.28. The average Bonchev–Trinajstić information content (AvgIpc) is 2.62. The van der Waals surface area contributed by atoms with E-state index in [9.17, 15) is 4.79 Å². The van der Waals surface area contributed by atoms with E-state index < -0.39 is 0 Å². The Morgan fingerprint density at radius 1 is 1.57 bits per heavy atom. The molecule has 0 aromatic heterocycles. The molecule has 3 nitrogen and oxygen atoms in total. The molecule has 4 heteroatoms. The Balaban J connectivity index is 2.14. The smallest absolute Gasteiger partial charge is 0.237 e. The van der Waals surface area contributed by atoms with Gasteiger partial charge in [-0.3, -0.25) is 4.79 Å². The van der Waals surface area contributed by atoms with Gasteiger partial charge < -0.3 is 10.1 Å². The molecule has 1 atom stereocenters. The molecule has 1 unspecified atom stereocenters. The van der Waals surface area contributed by atoms with Crippen molar-refractivity contribution in [2.75, 3.05) is 5.88 Å². The first-order valence-electron chi connectivity index (χ1n) is 4.36. The molecule has 74 valence electrons. The van der Waals surface area contributed by atoms with Crippen LogP contribution in [-0.4, -0.2) is 11.8 Å². The second-order valence-corrected chi connectivity index (χ2v) is 3.36. The number of fused-ring (bicyclic) bond motifs is 1. The predicted molar refractivity (Wildman–Crippen MR) is 52.8 cm³/mol. The van der Waals surface area contributed by atoms with Crippen LogP contribution in [0.4, 0.5) is 0 Å². The van der Waals surface area contributed by atoms with Gasteiger partial charge in [-0.2, -0.15) is 0 Å². The summed E-state index contributed by atoms with van der Waals surface area (Å²) >= 11 is 5.39. The minimum absolute atomic E-state index is 0.0397. The molecule has 2 rings (SSSR count). The van der Waals surface area contributed by atoms with Crippen LogP contribution in [-0.2, 0) is 16.1 Å². The normalized spacial score (nSPS) is 19.1. The summed E-state index contributed by atoms with van der Waals surface area (Å²) in [6.07, 6.45) is -0.336. The van der Waals surface area contributed by atoms with Gasteiger partial charge in [0, 0.05) is 5.56 Å². The fourth-order valence-electron chi connectivity index (χ4n) is 1.49. The van der Waals surface area contributed by atoms with Crippen LogP contribution in [0.3, 0.4) is 0 Å². The van der Waals surface area contributed by atoms with E-state index in [0.717, 1.165) is 11.1 Å². The Labute approximate surface area is 87.0 Å². The fraction of sp³-hybridized carbons (Fsp3) is 0.300. The van der Waals surface area contributed by atoms with Gasteiger partial charge in [0.1, 0.15) is 5.88 Å². The van der Waals surface area contributed by atoms with Gasteiger partial charge in [0.05, 0.1) is 6.61 Å². The highest BCUT2D eigenvalue weighted by Crippen LogP contribution is 2.27. The van der Waals surface area contributed by atoms with Crippen molar-refractivity contribution in [1.29, 1.82) is 0 Å². The zero-order valence-electron chi connectivity index (χ0n) is 7.50. The predicted octanol–water partition coefficient (Wildman–Crippen LogP) is 1.57. The molecule has 1 amide bonds. The SMILES string of the molecule is O=C(CCl)NC1OCc2ccccc21. The summed E-state index contributed by atoms with van der Waals surface area (Å²) in [6, 6.07) is 7.81. The van der Waals surface area contributed by atoms with Gasteiger partial charge in [0.2, 0.25) is 5.91 Å². The molecule has 0 fully saturated rings. The molecule has 0 saturated carbocycles. The standard InChI is InChI=1S/C10H10ClNO2/c11-5-9(13)12-10-8-4-2-1-3-7(8)6-14-10/h1-4,10H,5-6H2,(H,12,13). The van der Waals surface area contributed by atoms with Crippen molar-refractivity contribution in [3.05, 3.63) is 35.4 Å². The first-order valence-corrected chi connectivity index (χ1v) is 4.89. The van der Waals surface area contributed by atoms with Gasteiger partial charge in [-0.05, 0) is 5.56 Å². The molecule has 1 aliphatic rings. The summed E-state index contributed by atoms with van der Waals surface area (Å²) in [4.78, 5) is 11.1. The quantitative estimate of drug-likeness (QED) is 0.755. The molecule has 0 bridgehead atoms. The topological polar surface area (TPSA) is 38.3 Å². The number of halogens is 1. The number of carbonyl (C=O) groups excluding carboxylic acids is 1. The summed E-state index contributed by atoms with van der Waals surface area (Å²) in [5.41, 5.74) is 2.14. The number of ether oxygens (including phenoxy) is 1. The number of hydrogen-bond acceptors (Lipinski definition) is 2. The molecule has 1 heterocycles. The Kier molecular flexibility index (Phi) is 2.70. The molecule has 0 saturated heterocycles. The highest BCUT2D eigenvalue weighted by molar-refractivity contribution is 6.27. The van der Waals surface area contributed by atoms with E-state index in [1.54, 1.807) is 0 Å². The first kappa shape index (κ1) is 9.49. The third-order valence-electron chi connectivity index (χ3n) is 2.16. The maximum atomic E-state index is 11.1. The molecule has 1 aliphatic heterocycles. The van der Waals surface area contributed by atoms with E-state index in [4.69, 9.17) is 16.3 Å². The van der Waals surface area contributed by atoms with Crippen LogP contribution in [0.25, 0.3) is 0 Å². The first-order chi connectivity index (χ1) is 6.81. The van der Waals surface area contributed by atoms with E-state index in [-0.39, 0.29) is 18.0 Å². The Bertz CT molecular complexity index is 354. The van der Waals surface area contributed by atoms with Crippen LogP contribution in [0.5, 0.6) is 0 Å². The van der Waals surface area contributed by atoms with Crippen LogP contribution >= 0.6 is 11.6 Å². The van der Waals surface area contributed by atoms with Gasteiger partial charge in [-0.15, -0.1) is 11.6 Å². The third-order valence-corrected chi connectivity index (χ3v) is 2.40. The minimum Gasteiger partial charge on any atom is -0.349 e. The Morgan fingerprint density at radius 3 is 3.14 bits per heavy atom. The van der Waals surface area contributed by atoms with Gasteiger partial charge in [0.25, 0.3) is 0 Å². The Morgan fingerprint density at radius 2 is 2.36 bits per heavy atom. The number of alkyl halides is 1. The zero-order valence-corrected chi connectivity index (χ0v) is 8.25. The summed E-state index contributed by atoms with van der Waals surface area (Å²) in [5, 5.41) is 2.69. The molecule has 14 heavy (non-hydrogen) atoms. The van der Waals surface area contributed by atoms with Crippen molar-refractivity contribution in [2.45, 2.75) is 12.8 Å². The molecule has 1 aromatic rings. The maximum Gasteiger partial charge on any atom is 0.237 e. The van der Waals surface area contributed by atoms with Crippen LogP contribution < -0.4 is 5.32 Å². The van der Waals surface area contributed by atoms with E-state index in [1.165, 1.54) is 0 Å². The summed E-state index contributed by atoms with van der Waals surface area (Å²) in [5.74, 6) is -0.254. The summed E-state index contributed by atoms with van der Waals surface area (Å²) < 4.78 is 5.41. The lowest BCUT2D eigenvalue weighted by Gasteiger charge is -2.11. The average molecular weight is 212 g/mol. The molecule has 1 N–H and O–H groups in total. The van der Waals surface area contributed by atoms with Gasteiger partial charge in [0.15, 0.2) is 6.23 Å². The van der Waals surface area contributed by atoms with Gasteiger partial charge in [-0.25, -0.2) is 0 Å². The lowest BCUT2D eigenvalue weighted by atomic mass is 10.1. The third kappa shape index (κ3) is 1.74. The number of benzene rings is 1. The van der Waals surface area contributed by atoms with E-state index in [1.807, 2.05) is 24.3 Å². The fourth-order valence-corrected chi connectivity index (χ4v) is 1.57. The van der Waals surface area contributed by atoms with Gasteiger partial charge >= 0.3 is 0 Å². The van der Waals surface area contributed by atoms with Crippen molar-refractivity contribution >= 4 is 17.5 Å². The van der Waals surface area contributed by atoms with Crippen LogP contribution in [0.15, 0.2) is 24.3 Å². The van der Waals surface area contributed by atoms with Crippen molar-refractivity contribution in [3.63, 3.8) is 0 Å². The second kappa shape index (κ2) is 3.98. The van der Waals surface area contributed by atoms with Crippen molar-refractivity contribution in [1.82, 2.24) is 5.32 Å². The molecular formula is C10H10ClNO2. The van der Waals surface area contributed by atoms with Crippen molar-refractivity contribution in [2.24, 2.45) is 0 Å². The Hall–Kier alpha value is -1.06. The summed E-state index contributed by atoms with van der Waals surface area (Å²) in [7, 11) is 0. The molecule has 0 radical (unpaired) electrons. The minimum atomic E-state index is -0.336. The highest BCUT2D eigenvalue weighted by Gasteiger charge is 2.23. The van der Waals surface area contributed by atoms with Gasteiger partial charge in [-0.1, -0.05) is 24.3 Å². The molecule has 0 spiro atoms. The van der Waals surface area contributed by atoms with Crippen LogP contribution in [0, 0.1) is 0 Å². The van der Waals surface area contributed by atoms with Crippen molar-refractivity contribution in [3.8, 4) is 0 Å². The van der Waals surface area contributed by atoms with E-state index >= 15 is 0 Å². The number of amides is 1. The van der Waals surface area contributed by atoms with Crippen molar-refractivity contribution < 1.29 is 9.53 Å². The number of rotatable bonds is 2. The maximum absolute atomic E-state index is 11.1. The van der Waals surface area contributed by atoms with Crippen LogP contribution in [0.2, 0.25) is 0 Å². The number of carbonyl (C=O) groups is 1. The summed E-state index contributed by atoms with van der Waals surface area (Å²) in [6.45, 7) is 0.545. The highest BCUT2D eigenvalue weighted by atomic mass is 35.5. The monoisotopic (exact) mass is 211 g/mol. The van der Waals surface area contributed by atoms with E-state index in [2.05, 4.69) is 5.32 Å². The second-order valence-electron chi connectivity index (χ2n) is 3.09. The molecular weight excluding hydrogens is 202 g/mol. The largest absolute Gasteiger partial charge is 0.349 e. The number of nitrogens with one attached hydrogen (secondary N) is 1. The number of hydrogen-bond donors (Lipinski definition) is 1. The molecule has 0 aliphatic carbocycles. The van der Waals surface area contributed by atoms with E-state index in [0.29, 0.717) is 6.61 Å². The molecule has 1 aromatic carbocycles.